The van der Waals surface area contributed by atoms with Crippen molar-refractivity contribution < 1.29 is 19.1 Å². The van der Waals surface area contributed by atoms with Crippen LogP contribution >= 0.6 is 0 Å². The van der Waals surface area contributed by atoms with Gasteiger partial charge in [-0.3, -0.25) is 10.1 Å². The molecule has 1 N–H and O–H groups in total. The molecule has 24 heavy (non-hydrogen) atoms. The Labute approximate surface area is 146 Å². The quantitative estimate of drug-likeness (QED) is 0.613. The number of carbonyl (C=O) groups excluding carboxylic acids is 2. The molecule has 0 aliphatic carbocycles. The van der Waals surface area contributed by atoms with Gasteiger partial charge in [-0.1, -0.05) is 27.7 Å². The normalized spacial score (nSPS) is 23.2. The molecule has 1 saturated heterocycles. The molecule has 0 saturated carbocycles. The van der Waals surface area contributed by atoms with Crippen LogP contribution in [0.15, 0.2) is 0 Å². The van der Waals surface area contributed by atoms with E-state index in [1.807, 2.05) is 48.5 Å². The molecule has 1 fully saturated rings. The third kappa shape index (κ3) is 5.45. The Hall–Kier alpha value is -1.14. The number of likely N-dealkylation sites (tertiary alicyclic amines) is 1. The molecule has 3 atom stereocenters. The summed E-state index contributed by atoms with van der Waals surface area (Å²) in [6.07, 6.45) is 0.806. The molecular formula is C18H34N2O4. The van der Waals surface area contributed by atoms with Gasteiger partial charge in [0, 0.05) is 6.54 Å². The lowest BCUT2D eigenvalue weighted by Gasteiger charge is -2.36. The first-order chi connectivity index (χ1) is 10.9. The first-order valence-corrected chi connectivity index (χ1v) is 8.64. The van der Waals surface area contributed by atoms with E-state index in [4.69, 9.17) is 9.47 Å². The van der Waals surface area contributed by atoms with E-state index >= 15 is 0 Å². The molecule has 0 aromatic rings. The average molecular weight is 342 g/mol. The van der Waals surface area contributed by atoms with E-state index in [9.17, 15) is 9.59 Å². The first-order valence-electron chi connectivity index (χ1n) is 8.64. The molecule has 6 nitrogen and oxygen atoms in total. The summed E-state index contributed by atoms with van der Waals surface area (Å²) in [5.74, 6) is -0.306. The van der Waals surface area contributed by atoms with Crippen LogP contribution in [-0.2, 0) is 19.1 Å². The van der Waals surface area contributed by atoms with Gasteiger partial charge >= 0.3 is 5.97 Å². The highest BCUT2D eigenvalue weighted by molar-refractivity contribution is 5.88. The van der Waals surface area contributed by atoms with Gasteiger partial charge in [-0.05, 0) is 38.5 Å². The Morgan fingerprint density at radius 3 is 2.25 bits per heavy atom. The fraction of sp³-hybridized carbons (Fsp3) is 0.889. The largest absolute Gasteiger partial charge is 0.467 e. The number of esters is 1. The molecule has 0 spiro atoms. The van der Waals surface area contributed by atoms with Crippen LogP contribution in [0.3, 0.4) is 0 Å². The number of ether oxygens (including phenoxy) is 2. The molecule has 1 heterocycles. The SMILES string of the molecule is COC(=O)[C@@H]1[C@@H](C)CCN1C(=O)[C@@H](NCOC(C)(C)C)C(C)(C)C. The molecular weight excluding hydrogens is 308 g/mol. The van der Waals surface area contributed by atoms with Crippen LogP contribution in [0.1, 0.15) is 54.9 Å². The van der Waals surface area contributed by atoms with Crippen LogP contribution in [0.4, 0.5) is 0 Å². The average Bonchev–Trinajstić information content (AvgIpc) is 2.81. The predicted molar refractivity (Wildman–Crippen MR) is 93.4 cm³/mol. The Morgan fingerprint density at radius 1 is 1.21 bits per heavy atom. The van der Waals surface area contributed by atoms with Gasteiger partial charge in [-0.15, -0.1) is 0 Å². The summed E-state index contributed by atoms with van der Waals surface area (Å²) in [6, 6.07) is -0.935. The third-order valence-electron chi connectivity index (χ3n) is 4.33. The van der Waals surface area contributed by atoms with Gasteiger partial charge in [-0.2, -0.15) is 0 Å². The molecule has 1 amide bonds. The first kappa shape index (κ1) is 20.9. The van der Waals surface area contributed by atoms with Crippen molar-refractivity contribution in [3.63, 3.8) is 0 Å². The van der Waals surface area contributed by atoms with Gasteiger partial charge in [0.15, 0.2) is 0 Å². The minimum absolute atomic E-state index is 0.0697. The highest BCUT2D eigenvalue weighted by Gasteiger charge is 2.44. The lowest BCUT2D eigenvalue weighted by atomic mass is 9.85. The number of methoxy groups -OCH3 is 1. The second-order valence-corrected chi connectivity index (χ2v) is 8.67. The van der Waals surface area contributed by atoms with Crippen LogP contribution in [0.25, 0.3) is 0 Å². The highest BCUT2D eigenvalue weighted by atomic mass is 16.5. The number of hydrogen-bond donors (Lipinski definition) is 1. The number of hydrogen-bond acceptors (Lipinski definition) is 5. The summed E-state index contributed by atoms with van der Waals surface area (Å²) in [5.41, 5.74) is -0.583. The van der Waals surface area contributed by atoms with Crippen molar-refractivity contribution in [1.82, 2.24) is 10.2 Å². The fourth-order valence-corrected chi connectivity index (χ4v) is 2.95. The Morgan fingerprint density at radius 2 is 1.79 bits per heavy atom. The van der Waals surface area contributed by atoms with Gasteiger partial charge in [-0.25, -0.2) is 4.79 Å². The van der Waals surface area contributed by atoms with Crippen LogP contribution in [0.2, 0.25) is 0 Å². The van der Waals surface area contributed by atoms with Crippen molar-refractivity contribution >= 4 is 11.9 Å². The third-order valence-corrected chi connectivity index (χ3v) is 4.33. The van der Waals surface area contributed by atoms with Gasteiger partial charge in [0.1, 0.15) is 6.04 Å². The lowest BCUT2D eigenvalue weighted by molar-refractivity contribution is -0.154. The van der Waals surface area contributed by atoms with Crippen molar-refractivity contribution in [3.8, 4) is 0 Å². The van der Waals surface area contributed by atoms with Crippen LogP contribution < -0.4 is 5.32 Å². The van der Waals surface area contributed by atoms with Crippen molar-refractivity contribution in [2.24, 2.45) is 11.3 Å². The molecule has 1 aliphatic rings. The van der Waals surface area contributed by atoms with E-state index in [0.29, 0.717) is 6.54 Å². The smallest absolute Gasteiger partial charge is 0.328 e. The predicted octanol–water partition coefficient (Wildman–Crippen LogP) is 2.17. The number of rotatable bonds is 5. The van der Waals surface area contributed by atoms with Gasteiger partial charge in [0.2, 0.25) is 5.91 Å². The van der Waals surface area contributed by atoms with Gasteiger partial charge in [0.05, 0.1) is 25.5 Å². The second-order valence-electron chi connectivity index (χ2n) is 8.67. The highest BCUT2D eigenvalue weighted by Crippen LogP contribution is 2.29. The zero-order chi connectivity index (χ0) is 18.7. The maximum absolute atomic E-state index is 13.1. The van der Waals surface area contributed by atoms with Crippen molar-refractivity contribution in [1.29, 1.82) is 0 Å². The topological polar surface area (TPSA) is 67.9 Å². The number of nitrogens with zero attached hydrogens (tertiary/aromatic N) is 1. The van der Waals surface area contributed by atoms with E-state index < -0.39 is 12.1 Å². The van der Waals surface area contributed by atoms with Crippen LogP contribution in [-0.4, -0.2) is 54.8 Å². The number of nitrogens with one attached hydrogen (secondary N) is 1. The van der Waals surface area contributed by atoms with Gasteiger partial charge < -0.3 is 14.4 Å². The molecule has 140 valence electrons. The van der Waals surface area contributed by atoms with Crippen LogP contribution in [0.5, 0.6) is 0 Å². The second kappa shape index (κ2) is 7.83. The summed E-state index contributed by atoms with van der Waals surface area (Å²) in [7, 11) is 1.37. The Balaban J connectivity index is 2.89. The number of carbonyl (C=O) groups is 2. The summed E-state index contributed by atoms with van der Waals surface area (Å²) in [5, 5.41) is 3.22. The van der Waals surface area contributed by atoms with Crippen molar-refractivity contribution in [2.75, 3.05) is 20.4 Å². The zero-order valence-corrected chi connectivity index (χ0v) is 16.4. The molecule has 1 rings (SSSR count). The van der Waals surface area contributed by atoms with E-state index in [-0.39, 0.29) is 35.5 Å². The summed E-state index contributed by atoms with van der Waals surface area (Å²) >= 11 is 0. The van der Waals surface area contributed by atoms with Crippen LogP contribution in [0, 0.1) is 11.3 Å². The molecule has 0 bridgehead atoms. The van der Waals surface area contributed by atoms with E-state index in [1.165, 1.54) is 7.11 Å². The molecule has 6 heteroatoms. The molecule has 1 aliphatic heterocycles. The maximum atomic E-state index is 13.1. The zero-order valence-electron chi connectivity index (χ0n) is 16.4. The Bertz CT molecular complexity index is 451. The fourth-order valence-electron chi connectivity index (χ4n) is 2.95. The molecule has 0 aromatic heterocycles. The molecule has 0 aromatic carbocycles. The van der Waals surface area contributed by atoms with E-state index in [0.717, 1.165) is 6.42 Å². The summed E-state index contributed by atoms with van der Waals surface area (Å²) in [6.45, 7) is 14.8. The lowest BCUT2D eigenvalue weighted by Crippen LogP contribution is -2.56. The maximum Gasteiger partial charge on any atom is 0.328 e. The minimum atomic E-state index is -0.502. The molecule has 0 unspecified atom stereocenters. The minimum Gasteiger partial charge on any atom is -0.467 e. The van der Waals surface area contributed by atoms with E-state index in [1.54, 1.807) is 4.90 Å². The van der Waals surface area contributed by atoms with Crippen molar-refractivity contribution in [3.05, 3.63) is 0 Å². The monoisotopic (exact) mass is 342 g/mol. The van der Waals surface area contributed by atoms with E-state index in [2.05, 4.69) is 5.32 Å². The number of amides is 1. The van der Waals surface area contributed by atoms with Gasteiger partial charge in [0.25, 0.3) is 0 Å². The van der Waals surface area contributed by atoms with Crippen molar-refractivity contribution in [2.45, 2.75) is 72.6 Å². The standard InChI is InChI=1S/C18H34N2O4/c1-12-9-10-20(13(12)16(22)23-8)15(21)14(17(2,3)4)19-11-24-18(5,6)7/h12-14,19H,9-11H2,1-8H3/t12-,13-,14+/m0/s1. The summed E-state index contributed by atoms with van der Waals surface area (Å²) in [4.78, 5) is 26.9. The Kier molecular flexibility index (Phi) is 6.82. The summed E-state index contributed by atoms with van der Waals surface area (Å²) < 4.78 is 10.6. The molecule has 0 radical (unpaired) electrons.